The van der Waals surface area contributed by atoms with E-state index in [2.05, 4.69) is 39.7 Å². The number of benzene rings is 1. The van der Waals surface area contributed by atoms with E-state index in [9.17, 15) is 85.4 Å². The Kier molecular flexibility index (Phi) is 34.0. The maximum atomic E-state index is 10.1. The Morgan fingerprint density at radius 2 is 0.518 bits per heavy atom. The van der Waals surface area contributed by atoms with E-state index in [1.165, 1.54) is 26.0 Å². The van der Waals surface area contributed by atoms with E-state index < -0.39 is 29.4 Å². The van der Waals surface area contributed by atoms with Gasteiger partial charge in [-0.1, -0.05) is 66.7 Å². The summed E-state index contributed by atoms with van der Waals surface area (Å²) >= 11 is 0. The summed E-state index contributed by atoms with van der Waals surface area (Å²) in [5.74, 6) is -1.13. The molecule has 0 spiro atoms. The van der Waals surface area contributed by atoms with E-state index in [1.54, 1.807) is 30.3 Å². The van der Waals surface area contributed by atoms with Crippen molar-refractivity contribution in [3.8, 4) is 12.1 Å². The van der Waals surface area contributed by atoms with E-state index in [4.69, 9.17) is 10.5 Å². The number of carbonyl (C=O) groups excluding carboxylic acids is 1. The average molecular weight is 1620 g/mol. The van der Waals surface area contributed by atoms with Gasteiger partial charge in [-0.25, -0.2) is 0 Å². The van der Waals surface area contributed by atoms with Gasteiger partial charge in [-0.2, -0.15) is 10.5 Å². The molecule has 0 fully saturated rings. The zero-order valence-corrected chi connectivity index (χ0v) is 50.3. The van der Waals surface area contributed by atoms with Gasteiger partial charge in [0.25, 0.3) is 0 Å². The second-order valence-electron chi connectivity index (χ2n) is 15.2. The van der Waals surface area contributed by atoms with Crippen molar-refractivity contribution < 1.29 is 131 Å². The fourth-order valence-corrected chi connectivity index (χ4v) is 5.23. The van der Waals surface area contributed by atoms with Crippen LogP contribution in [0, 0.1) is 22.7 Å². The average Bonchev–Trinajstić information content (AvgIpc) is 3.32. The Morgan fingerprint density at radius 1 is 0.373 bits per heavy atom. The molecule has 0 saturated heterocycles. The number of carboxylic acids is 1. The molecule has 458 valence electrons. The van der Waals surface area contributed by atoms with Crippen LogP contribution in [0.2, 0.25) is 0 Å². The minimum atomic E-state index is -10.7. The first-order valence-corrected chi connectivity index (χ1v) is 27.8. The van der Waals surface area contributed by atoms with Crippen molar-refractivity contribution in [3.05, 3.63) is 216 Å². The van der Waals surface area contributed by atoms with Crippen LogP contribution in [0.25, 0.3) is 0 Å². The summed E-state index contributed by atoms with van der Waals surface area (Å²) < 4.78 is 178. The zero-order valence-electron chi connectivity index (χ0n) is 42.5. The van der Waals surface area contributed by atoms with Crippen molar-refractivity contribution in [1.82, 2.24) is 39.7 Å². The molecule has 36 heteroatoms. The summed E-state index contributed by atoms with van der Waals surface area (Å²) in [6.07, 6.45) is 11.0. The Labute approximate surface area is 489 Å². The van der Waals surface area contributed by atoms with Gasteiger partial charge < -0.3 is 15.4 Å². The molecule has 83 heavy (non-hydrogen) atoms. The van der Waals surface area contributed by atoms with Crippen LogP contribution in [0.4, 0.5) is 75.5 Å². The molecular formula is C47H47F18N10O3Os2P3+2. The third-order valence-electron chi connectivity index (χ3n) is 7.68. The van der Waals surface area contributed by atoms with Crippen LogP contribution in [-0.2, 0) is 84.3 Å². The first-order valence-electron chi connectivity index (χ1n) is 21.7. The second kappa shape index (κ2) is 33.9. The van der Waals surface area contributed by atoms with Gasteiger partial charge in [0.1, 0.15) is 0 Å². The molecule has 1 aromatic carbocycles. The molecule has 0 aliphatic rings. The van der Waals surface area contributed by atoms with Crippen molar-refractivity contribution in [2.45, 2.75) is 53.1 Å². The number of halogens is 18. The van der Waals surface area contributed by atoms with Gasteiger partial charge in [-0.05, 0) is 78.4 Å². The van der Waals surface area contributed by atoms with Crippen LogP contribution in [0.5, 0.6) is 0 Å². The molecule has 0 radical (unpaired) electrons. The van der Waals surface area contributed by atoms with E-state index >= 15 is 0 Å². The summed E-state index contributed by atoms with van der Waals surface area (Å²) in [6, 6.07) is 47.5. The van der Waals surface area contributed by atoms with Crippen molar-refractivity contribution >= 4 is 29.4 Å². The standard InChI is InChI=1S/2C18H18N4.C7H6O2.2C2H3N.3F6P.O.2Os/c2*1-4-10-19-16(7-1)13-22(14-17-8-2-5-11-20-17)15-18-9-3-6-12-21-18;8-7(9)6-4-2-1-3-5-6;2*1-2-3;3*1-7(2,3,4,5)6;;;/h2*1-12H,13-15H2;1-5H,(H,8,9);2*1H3;;;;;;/q;;;;;3*-1;-2;2*+4/p-1. The molecule has 7 aromatic rings. The smallest absolute Gasteiger partial charge is 2.00 e. The molecular weight excluding hydrogens is 1570 g/mol. The van der Waals surface area contributed by atoms with Crippen LogP contribution in [0.1, 0.15) is 58.4 Å². The fourth-order valence-electron chi connectivity index (χ4n) is 5.23. The summed E-state index contributed by atoms with van der Waals surface area (Å²) in [6.45, 7) is 7.49. The van der Waals surface area contributed by atoms with Gasteiger partial charge >= 0.3 is 139 Å². The predicted octanol–water partition coefficient (Wildman–Crippen LogP) is 17.3. The number of rotatable bonds is 13. The third-order valence-corrected chi connectivity index (χ3v) is 7.68. The second-order valence-corrected chi connectivity index (χ2v) is 20.9. The normalized spacial score (nSPS) is 12.7. The Hall–Kier alpha value is -6.25. The zero-order chi connectivity index (χ0) is 61.4. The van der Waals surface area contributed by atoms with Gasteiger partial charge in [0.15, 0.2) is 0 Å². The van der Waals surface area contributed by atoms with E-state index in [1.807, 2.05) is 146 Å². The maximum absolute atomic E-state index is 10.7. The van der Waals surface area contributed by atoms with Crippen molar-refractivity contribution in [3.63, 3.8) is 0 Å². The number of carboxylic acid groups (broad SMARTS) is 1. The summed E-state index contributed by atoms with van der Waals surface area (Å²) in [7, 11) is -32.0. The number of aromatic nitrogens is 6. The van der Waals surface area contributed by atoms with Crippen molar-refractivity contribution in [1.29, 1.82) is 10.5 Å². The molecule has 0 bridgehead atoms. The van der Waals surface area contributed by atoms with E-state index in [-0.39, 0.29) is 50.6 Å². The molecule has 0 aliphatic heterocycles. The molecule has 0 unspecified atom stereocenters. The summed E-state index contributed by atoms with van der Waals surface area (Å²) in [5, 5.41) is 24.7. The van der Waals surface area contributed by atoms with Crippen molar-refractivity contribution in [2.24, 2.45) is 0 Å². The monoisotopic (exact) mass is 1620 g/mol. The number of carbonyl (C=O) groups is 1. The van der Waals surface area contributed by atoms with Gasteiger partial charge in [0.2, 0.25) is 0 Å². The minimum absolute atomic E-state index is 0. The van der Waals surface area contributed by atoms with E-state index in [0.717, 1.165) is 73.4 Å². The summed E-state index contributed by atoms with van der Waals surface area (Å²) in [5.41, 5.74) is 6.52. The predicted molar refractivity (Wildman–Crippen MR) is 266 cm³/mol. The van der Waals surface area contributed by atoms with Crippen LogP contribution < -0.4 is 5.11 Å². The fraction of sp³-hybridized carbons (Fsp3) is 0.170. The first-order chi connectivity index (χ1) is 36.3. The van der Waals surface area contributed by atoms with E-state index in [0.29, 0.717) is 0 Å². The first kappa shape index (κ1) is 83.2. The Bertz CT molecular complexity index is 2520. The minimum Gasteiger partial charge on any atom is -2.00 e. The molecule has 0 atom stereocenters. The number of nitriles is 2. The van der Waals surface area contributed by atoms with Gasteiger partial charge in [0.05, 0.1) is 52.3 Å². The number of nitrogens with zero attached hydrogens (tertiary/aromatic N) is 10. The number of pyridine rings is 6. The molecule has 6 heterocycles. The third kappa shape index (κ3) is 68.2. The number of hydrogen-bond acceptors (Lipinski definition) is 12. The Morgan fingerprint density at radius 3 is 0.627 bits per heavy atom. The van der Waals surface area contributed by atoms with Crippen LogP contribution >= 0.6 is 23.4 Å². The molecule has 13 nitrogen and oxygen atoms in total. The molecule has 6 aromatic heterocycles. The van der Waals surface area contributed by atoms with Gasteiger partial charge in [-0.15, -0.1) is 0 Å². The molecule has 0 aliphatic carbocycles. The number of aromatic carboxylic acids is 1. The van der Waals surface area contributed by atoms with Crippen LogP contribution in [0.3, 0.4) is 0 Å². The Balaban J connectivity index is -0.000000472. The summed E-state index contributed by atoms with van der Waals surface area (Å²) in [4.78, 5) is 41.2. The van der Waals surface area contributed by atoms with Crippen LogP contribution in [-0.4, -0.2) is 45.7 Å². The molecule has 0 N–H and O–H groups in total. The topological polar surface area (TPSA) is 200 Å². The van der Waals surface area contributed by atoms with Crippen LogP contribution in [0.15, 0.2) is 177 Å². The number of hydrogen-bond donors (Lipinski definition) is 0. The van der Waals surface area contributed by atoms with Gasteiger partial charge in [0, 0.05) is 90.3 Å². The molecule has 7 rings (SSSR count). The molecule has 0 saturated carbocycles. The van der Waals surface area contributed by atoms with Crippen molar-refractivity contribution in [2.75, 3.05) is 0 Å². The quantitative estimate of drug-likeness (QED) is 0.0782. The SMILES string of the molecule is CC#N.CC#N.F[P-](F)(F)(F)(F)F.F[P-](F)(F)(F)(F)F.F[P-](F)(F)(F)(F)F.O=C([O-])c1ccccc1.[O-2].[Os+4].[Os+4].c1ccc(CN(Cc2ccccn2)Cc2ccccn2)nc1.c1ccc(CN(Cc2ccccn2)Cc2ccccn2)nc1. The molecule has 0 amide bonds. The maximum Gasteiger partial charge on any atom is 4.00 e. The van der Waals surface area contributed by atoms with Gasteiger partial charge in [-0.3, -0.25) is 39.7 Å². The largest absolute Gasteiger partial charge is 4.00 e.